The first-order chi connectivity index (χ1) is 12.1. The number of aromatic nitrogens is 4. The summed E-state index contributed by atoms with van der Waals surface area (Å²) in [6, 6.07) is 13.9. The summed E-state index contributed by atoms with van der Waals surface area (Å²) < 4.78 is 27.5. The fraction of sp³-hybridized carbons (Fsp3) is 0.0556. The molecule has 0 fully saturated rings. The summed E-state index contributed by atoms with van der Waals surface area (Å²) >= 11 is 0. The van der Waals surface area contributed by atoms with Crippen LogP contribution in [0.3, 0.4) is 0 Å². The molecule has 0 saturated heterocycles. The van der Waals surface area contributed by atoms with E-state index in [1.807, 2.05) is 25.1 Å². The molecule has 0 amide bonds. The van der Waals surface area contributed by atoms with Gasteiger partial charge in [0.25, 0.3) is 0 Å². The summed E-state index contributed by atoms with van der Waals surface area (Å²) in [4.78, 5) is 8.84. The first-order valence-electron chi connectivity index (χ1n) is 7.63. The second kappa shape index (κ2) is 5.78. The van der Waals surface area contributed by atoms with Gasteiger partial charge in [-0.05, 0) is 37.3 Å². The van der Waals surface area contributed by atoms with Crippen molar-refractivity contribution in [2.45, 2.75) is 16.7 Å². The molecule has 0 atom stereocenters. The van der Waals surface area contributed by atoms with Gasteiger partial charge in [0.1, 0.15) is 4.90 Å². The predicted molar refractivity (Wildman–Crippen MR) is 92.8 cm³/mol. The van der Waals surface area contributed by atoms with Gasteiger partial charge in [0.2, 0.25) is 9.84 Å². The van der Waals surface area contributed by atoms with Crippen molar-refractivity contribution < 1.29 is 8.42 Å². The number of fused-ring (bicyclic) bond motifs is 1. The lowest BCUT2D eigenvalue weighted by atomic mass is 10.2. The minimum absolute atomic E-state index is 0.0903. The van der Waals surface area contributed by atoms with E-state index in [1.54, 1.807) is 47.2 Å². The molecule has 25 heavy (non-hydrogen) atoms. The highest BCUT2D eigenvalue weighted by molar-refractivity contribution is 7.91. The van der Waals surface area contributed by atoms with E-state index in [9.17, 15) is 8.42 Å². The minimum atomic E-state index is -3.70. The van der Waals surface area contributed by atoms with Crippen LogP contribution in [0.2, 0.25) is 0 Å². The third kappa shape index (κ3) is 2.58. The van der Waals surface area contributed by atoms with Crippen LogP contribution in [0.4, 0.5) is 0 Å². The zero-order valence-electron chi connectivity index (χ0n) is 13.4. The number of pyridine rings is 1. The molecule has 0 spiro atoms. The Morgan fingerprint density at radius 3 is 2.52 bits per heavy atom. The van der Waals surface area contributed by atoms with Gasteiger partial charge in [-0.2, -0.15) is 5.10 Å². The fourth-order valence-electron chi connectivity index (χ4n) is 2.70. The van der Waals surface area contributed by atoms with Crippen LogP contribution < -0.4 is 0 Å². The fourth-order valence-corrected chi connectivity index (χ4v) is 4.03. The number of aryl methyl sites for hydroxylation is 1. The van der Waals surface area contributed by atoms with Crippen LogP contribution in [0.1, 0.15) is 5.69 Å². The Kier molecular flexibility index (Phi) is 3.58. The molecule has 0 unspecified atom stereocenters. The van der Waals surface area contributed by atoms with E-state index in [2.05, 4.69) is 15.1 Å². The second-order valence-corrected chi connectivity index (χ2v) is 7.50. The van der Waals surface area contributed by atoms with Gasteiger partial charge in [-0.1, -0.05) is 18.2 Å². The van der Waals surface area contributed by atoms with Crippen molar-refractivity contribution in [2.24, 2.45) is 0 Å². The Morgan fingerprint density at radius 2 is 1.80 bits per heavy atom. The van der Waals surface area contributed by atoms with Crippen molar-refractivity contribution in [3.05, 3.63) is 72.8 Å². The Bertz CT molecular complexity index is 1150. The number of hydrogen-bond donors (Lipinski definition) is 0. The van der Waals surface area contributed by atoms with E-state index in [0.29, 0.717) is 11.3 Å². The lowest BCUT2D eigenvalue weighted by Crippen LogP contribution is -2.04. The number of sulfone groups is 1. The molecule has 0 saturated carbocycles. The third-order valence-electron chi connectivity index (χ3n) is 3.87. The van der Waals surface area contributed by atoms with E-state index in [0.717, 1.165) is 11.3 Å². The predicted octanol–water partition coefficient (Wildman–Crippen LogP) is 2.93. The molecule has 0 bridgehead atoms. The van der Waals surface area contributed by atoms with Gasteiger partial charge in [-0.3, -0.25) is 4.98 Å². The van der Waals surface area contributed by atoms with Crippen LogP contribution in [0.5, 0.6) is 0 Å². The van der Waals surface area contributed by atoms with E-state index < -0.39 is 9.84 Å². The maximum atomic E-state index is 13.0. The summed E-state index contributed by atoms with van der Waals surface area (Å²) in [6.07, 6.45) is 4.74. The molecule has 0 N–H and O–H groups in total. The second-order valence-electron chi connectivity index (χ2n) is 5.59. The van der Waals surface area contributed by atoms with Gasteiger partial charge in [0.05, 0.1) is 16.8 Å². The molecular formula is C18H14N4O2S. The summed E-state index contributed by atoms with van der Waals surface area (Å²) in [5, 5.41) is 4.28. The molecule has 7 heteroatoms. The van der Waals surface area contributed by atoms with Crippen LogP contribution in [-0.2, 0) is 9.84 Å². The SMILES string of the molecule is Cc1cc(-c2cccnc2)n2ncc(S(=O)(=O)c3ccccc3)c2n1. The number of benzene rings is 1. The summed E-state index contributed by atoms with van der Waals surface area (Å²) in [7, 11) is -3.70. The van der Waals surface area contributed by atoms with Gasteiger partial charge >= 0.3 is 0 Å². The van der Waals surface area contributed by atoms with E-state index in [1.165, 1.54) is 6.20 Å². The Hall–Kier alpha value is -3.06. The summed E-state index contributed by atoms with van der Waals surface area (Å²) in [6.45, 7) is 1.83. The summed E-state index contributed by atoms with van der Waals surface area (Å²) in [5.41, 5.74) is 2.59. The van der Waals surface area contributed by atoms with Crippen molar-refractivity contribution in [1.82, 2.24) is 19.6 Å². The largest absolute Gasteiger partial charge is 0.264 e. The standard InChI is InChI=1S/C18H14N4O2S/c1-13-10-16(14-6-5-9-19-11-14)22-18(21-13)17(12-20-22)25(23,24)15-7-3-2-4-8-15/h2-12H,1H3. The van der Waals surface area contributed by atoms with Crippen LogP contribution >= 0.6 is 0 Å². The lowest BCUT2D eigenvalue weighted by molar-refractivity contribution is 0.596. The summed E-state index contributed by atoms with van der Waals surface area (Å²) in [5.74, 6) is 0. The van der Waals surface area contributed by atoms with Crippen molar-refractivity contribution in [1.29, 1.82) is 0 Å². The first-order valence-corrected chi connectivity index (χ1v) is 9.11. The molecule has 0 radical (unpaired) electrons. The van der Waals surface area contributed by atoms with Crippen molar-refractivity contribution in [2.75, 3.05) is 0 Å². The van der Waals surface area contributed by atoms with E-state index in [-0.39, 0.29) is 9.79 Å². The highest BCUT2D eigenvalue weighted by atomic mass is 32.2. The molecule has 4 aromatic rings. The van der Waals surface area contributed by atoms with Gasteiger partial charge in [0.15, 0.2) is 5.65 Å². The topological polar surface area (TPSA) is 77.2 Å². The van der Waals surface area contributed by atoms with Crippen molar-refractivity contribution in [3.8, 4) is 11.3 Å². The first kappa shape index (κ1) is 15.5. The van der Waals surface area contributed by atoms with Crippen LogP contribution in [0.15, 0.2) is 76.9 Å². The molecule has 0 aliphatic heterocycles. The van der Waals surface area contributed by atoms with Crippen LogP contribution in [-0.4, -0.2) is 28.0 Å². The average Bonchev–Trinajstić information content (AvgIpc) is 3.07. The Labute approximate surface area is 144 Å². The molecule has 6 nitrogen and oxygen atoms in total. The van der Waals surface area contributed by atoms with Gasteiger partial charge in [-0.15, -0.1) is 0 Å². The molecule has 3 heterocycles. The average molecular weight is 350 g/mol. The monoisotopic (exact) mass is 350 g/mol. The molecule has 0 aliphatic rings. The van der Waals surface area contributed by atoms with E-state index in [4.69, 9.17) is 0 Å². The quantitative estimate of drug-likeness (QED) is 0.568. The smallest absolute Gasteiger partial charge is 0.211 e. The minimum Gasteiger partial charge on any atom is -0.264 e. The molecule has 1 aromatic carbocycles. The molecule has 4 rings (SSSR count). The maximum absolute atomic E-state index is 13.0. The zero-order valence-corrected chi connectivity index (χ0v) is 14.2. The van der Waals surface area contributed by atoms with Crippen molar-refractivity contribution >= 4 is 15.5 Å². The van der Waals surface area contributed by atoms with Crippen LogP contribution in [0, 0.1) is 6.92 Å². The third-order valence-corrected chi connectivity index (χ3v) is 5.63. The zero-order chi connectivity index (χ0) is 17.4. The van der Waals surface area contributed by atoms with Gasteiger partial charge in [0, 0.05) is 23.7 Å². The highest BCUT2D eigenvalue weighted by Crippen LogP contribution is 2.27. The van der Waals surface area contributed by atoms with E-state index >= 15 is 0 Å². The molecule has 124 valence electrons. The maximum Gasteiger partial charge on any atom is 0.211 e. The van der Waals surface area contributed by atoms with Crippen LogP contribution in [0.25, 0.3) is 16.9 Å². The lowest BCUT2D eigenvalue weighted by Gasteiger charge is -2.07. The van der Waals surface area contributed by atoms with Gasteiger partial charge in [-0.25, -0.2) is 17.9 Å². The number of hydrogen-bond acceptors (Lipinski definition) is 5. The Morgan fingerprint density at radius 1 is 1.00 bits per heavy atom. The van der Waals surface area contributed by atoms with Crippen molar-refractivity contribution in [3.63, 3.8) is 0 Å². The molecule has 3 aromatic heterocycles. The number of rotatable bonds is 3. The Balaban J connectivity index is 1.99. The molecular weight excluding hydrogens is 336 g/mol. The number of nitrogens with zero attached hydrogens (tertiary/aromatic N) is 4. The highest BCUT2D eigenvalue weighted by Gasteiger charge is 2.24. The normalized spacial score (nSPS) is 11.7. The molecule has 0 aliphatic carbocycles. The van der Waals surface area contributed by atoms with Gasteiger partial charge < -0.3 is 0 Å².